The van der Waals surface area contributed by atoms with Gasteiger partial charge in [-0.15, -0.1) is 0 Å². The summed E-state index contributed by atoms with van der Waals surface area (Å²) in [6.45, 7) is 1.48. The highest BCUT2D eigenvalue weighted by Crippen LogP contribution is 2.15. The molecule has 0 spiro atoms. The van der Waals surface area contributed by atoms with Gasteiger partial charge in [-0.05, 0) is 19.1 Å². The van der Waals surface area contributed by atoms with Gasteiger partial charge in [-0.2, -0.15) is 0 Å². The fraction of sp³-hybridized carbons (Fsp3) is 0.154. The average Bonchev–Trinajstić information content (AvgIpc) is 2.35. The first-order valence-corrected chi connectivity index (χ1v) is 5.30. The van der Waals surface area contributed by atoms with E-state index in [0.29, 0.717) is 11.1 Å². The number of carbonyl (C=O) groups is 2. The van der Waals surface area contributed by atoms with Crippen molar-refractivity contribution in [1.82, 2.24) is 10.3 Å². The lowest BCUT2D eigenvalue weighted by Crippen LogP contribution is -2.28. The molecular weight excluding hydrogens is 216 g/mol. The average molecular weight is 228 g/mol. The van der Waals surface area contributed by atoms with Gasteiger partial charge in [-0.3, -0.25) is 14.6 Å². The largest absolute Gasteiger partial charge is 0.345 e. The number of pyridine rings is 1. The maximum absolute atomic E-state index is 11.9. The van der Waals surface area contributed by atoms with Crippen LogP contribution in [-0.4, -0.2) is 23.2 Å². The minimum Gasteiger partial charge on any atom is -0.345 e. The Morgan fingerprint density at radius 1 is 1.24 bits per heavy atom. The molecule has 2 rings (SSSR count). The van der Waals surface area contributed by atoms with Crippen LogP contribution in [0.3, 0.4) is 0 Å². The molecule has 0 atom stereocenters. The summed E-state index contributed by atoms with van der Waals surface area (Å²) in [7, 11) is 0. The van der Waals surface area contributed by atoms with Gasteiger partial charge < -0.3 is 5.32 Å². The second-order valence-electron chi connectivity index (χ2n) is 3.77. The normalized spacial score (nSPS) is 10.2. The van der Waals surface area contributed by atoms with Crippen molar-refractivity contribution in [3.8, 4) is 0 Å². The number of hydrogen-bond donors (Lipinski definition) is 1. The second-order valence-corrected chi connectivity index (χ2v) is 3.77. The van der Waals surface area contributed by atoms with E-state index >= 15 is 0 Å². The molecule has 0 aliphatic rings. The molecule has 4 heteroatoms. The van der Waals surface area contributed by atoms with Crippen molar-refractivity contribution in [2.45, 2.75) is 6.92 Å². The lowest BCUT2D eigenvalue weighted by molar-refractivity contribution is -0.116. The summed E-state index contributed by atoms with van der Waals surface area (Å²) in [6.07, 6.45) is 1.64. The number of benzene rings is 1. The number of para-hydroxylation sites is 1. The second kappa shape index (κ2) is 4.74. The molecule has 0 saturated heterocycles. The number of ketones is 1. The van der Waals surface area contributed by atoms with Crippen molar-refractivity contribution in [3.63, 3.8) is 0 Å². The third-order valence-corrected chi connectivity index (χ3v) is 2.38. The van der Waals surface area contributed by atoms with Gasteiger partial charge in [-0.1, -0.05) is 18.2 Å². The first-order chi connectivity index (χ1) is 8.18. The molecule has 1 heterocycles. The lowest BCUT2D eigenvalue weighted by Gasteiger charge is -2.05. The Hall–Kier alpha value is -2.23. The summed E-state index contributed by atoms with van der Waals surface area (Å²) in [6, 6.07) is 9.10. The van der Waals surface area contributed by atoms with E-state index in [0.717, 1.165) is 5.39 Å². The first-order valence-electron chi connectivity index (χ1n) is 5.30. The Morgan fingerprint density at radius 2 is 2.00 bits per heavy atom. The van der Waals surface area contributed by atoms with Gasteiger partial charge >= 0.3 is 0 Å². The van der Waals surface area contributed by atoms with Crippen molar-refractivity contribution >= 4 is 22.6 Å². The van der Waals surface area contributed by atoms with Crippen LogP contribution in [0.2, 0.25) is 0 Å². The number of hydrogen-bond acceptors (Lipinski definition) is 3. The van der Waals surface area contributed by atoms with E-state index in [4.69, 9.17) is 0 Å². The molecule has 86 valence electrons. The van der Waals surface area contributed by atoms with E-state index in [1.54, 1.807) is 18.3 Å². The summed E-state index contributed by atoms with van der Waals surface area (Å²) in [5, 5.41) is 3.47. The third-order valence-electron chi connectivity index (χ3n) is 2.38. The van der Waals surface area contributed by atoms with Crippen LogP contribution < -0.4 is 5.32 Å². The van der Waals surface area contributed by atoms with Crippen molar-refractivity contribution < 1.29 is 9.59 Å². The maximum Gasteiger partial charge on any atom is 0.253 e. The van der Waals surface area contributed by atoms with Crippen LogP contribution in [0.1, 0.15) is 17.3 Å². The van der Waals surface area contributed by atoms with E-state index in [1.807, 2.05) is 18.2 Å². The lowest BCUT2D eigenvalue weighted by atomic mass is 10.1. The Labute approximate surface area is 98.7 Å². The van der Waals surface area contributed by atoms with Crippen LogP contribution in [0.5, 0.6) is 0 Å². The fourth-order valence-corrected chi connectivity index (χ4v) is 1.59. The van der Waals surface area contributed by atoms with E-state index in [2.05, 4.69) is 10.3 Å². The highest BCUT2D eigenvalue weighted by molar-refractivity contribution is 6.06. The molecule has 0 bridgehead atoms. The molecule has 1 aromatic carbocycles. The summed E-state index contributed by atoms with van der Waals surface area (Å²) >= 11 is 0. The number of nitrogens with one attached hydrogen (secondary N) is 1. The Kier molecular flexibility index (Phi) is 3.14. The number of amides is 1. The zero-order valence-corrected chi connectivity index (χ0v) is 9.43. The van der Waals surface area contributed by atoms with E-state index in [9.17, 15) is 9.59 Å². The number of carbonyl (C=O) groups excluding carboxylic acids is 2. The van der Waals surface area contributed by atoms with Gasteiger partial charge in [-0.25, -0.2) is 0 Å². The Balaban J connectivity index is 2.35. The molecule has 0 aliphatic heterocycles. The summed E-state index contributed by atoms with van der Waals surface area (Å²) in [5.41, 5.74) is 1.14. The monoisotopic (exact) mass is 228 g/mol. The molecule has 0 fully saturated rings. The third kappa shape index (κ3) is 2.47. The van der Waals surface area contributed by atoms with E-state index < -0.39 is 0 Å². The molecule has 0 radical (unpaired) electrons. The summed E-state index contributed by atoms with van der Waals surface area (Å²) in [4.78, 5) is 26.9. The smallest absolute Gasteiger partial charge is 0.253 e. The van der Waals surface area contributed by atoms with Crippen LogP contribution in [0.25, 0.3) is 10.9 Å². The quantitative estimate of drug-likeness (QED) is 0.867. The SMILES string of the molecule is CC(=O)CNC(=O)c1cccc2cccnc12. The Bertz CT molecular complexity index is 573. The van der Waals surface area contributed by atoms with Gasteiger partial charge in [0, 0.05) is 11.6 Å². The summed E-state index contributed by atoms with van der Waals surface area (Å²) in [5.74, 6) is -0.351. The van der Waals surface area contributed by atoms with Crippen LogP contribution in [0, 0.1) is 0 Å². The van der Waals surface area contributed by atoms with Gasteiger partial charge in [0.05, 0.1) is 17.6 Å². The number of Topliss-reactive ketones (excluding diaryl/α,β-unsaturated/α-hetero) is 1. The standard InChI is InChI=1S/C13H12N2O2/c1-9(16)8-15-13(17)11-6-2-4-10-5-3-7-14-12(10)11/h2-7H,8H2,1H3,(H,15,17). The van der Waals surface area contributed by atoms with Gasteiger partial charge in [0.1, 0.15) is 5.78 Å². The van der Waals surface area contributed by atoms with E-state index in [1.165, 1.54) is 6.92 Å². The van der Waals surface area contributed by atoms with Gasteiger partial charge in [0.25, 0.3) is 5.91 Å². The molecule has 17 heavy (non-hydrogen) atoms. The molecule has 1 N–H and O–H groups in total. The summed E-state index contributed by atoms with van der Waals surface area (Å²) < 4.78 is 0. The van der Waals surface area contributed by atoms with Crippen molar-refractivity contribution in [1.29, 1.82) is 0 Å². The highest BCUT2D eigenvalue weighted by Gasteiger charge is 2.10. The number of nitrogens with zero attached hydrogens (tertiary/aromatic N) is 1. The topological polar surface area (TPSA) is 59.1 Å². The molecule has 1 amide bonds. The van der Waals surface area contributed by atoms with Crippen molar-refractivity contribution in [2.75, 3.05) is 6.54 Å². The van der Waals surface area contributed by atoms with Crippen LogP contribution in [-0.2, 0) is 4.79 Å². The van der Waals surface area contributed by atoms with Gasteiger partial charge in [0.15, 0.2) is 0 Å². The van der Waals surface area contributed by atoms with E-state index in [-0.39, 0.29) is 18.2 Å². The van der Waals surface area contributed by atoms with Crippen LogP contribution in [0.15, 0.2) is 36.5 Å². The Morgan fingerprint density at radius 3 is 2.76 bits per heavy atom. The minimum absolute atomic E-state index is 0.0437. The predicted molar refractivity (Wildman–Crippen MR) is 64.8 cm³/mol. The molecular formula is C13H12N2O2. The minimum atomic E-state index is -0.274. The number of fused-ring (bicyclic) bond motifs is 1. The maximum atomic E-state index is 11.9. The van der Waals surface area contributed by atoms with Crippen LogP contribution in [0.4, 0.5) is 0 Å². The highest BCUT2D eigenvalue weighted by atomic mass is 16.2. The predicted octanol–water partition coefficient (Wildman–Crippen LogP) is 1.55. The van der Waals surface area contributed by atoms with Crippen LogP contribution >= 0.6 is 0 Å². The fourth-order valence-electron chi connectivity index (χ4n) is 1.59. The molecule has 0 saturated carbocycles. The van der Waals surface area contributed by atoms with Gasteiger partial charge in [0.2, 0.25) is 0 Å². The first kappa shape index (κ1) is 11.3. The zero-order valence-electron chi connectivity index (χ0n) is 9.43. The van der Waals surface area contributed by atoms with Crippen molar-refractivity contribution in [3.05, 3.63) is 42.1 Å². The molecule has 0 unspecified atom stereocenters. The molecule has 4 nitrogen and oxygen atoms in total. The molecule has 1 aromatic heterocycles. The zero-order chi connectivity index (χ0) is 12.3. The number of aromatic nitrogens is 1. The molecule has 2 aromatic rings. The molecule has 0 aliphatic carbocycles. The number of rotatable bonds is 3. The van der Waals surface area contributed by atoms with Crippen molar-refractivity contribution in [2.24, 2.45) is 0 Å².